The van der Waals surface area contributed by atoms with Crippen molar-refractivity contribution in [3.8, 4) is 5.75 Å². The number of nitrogens with zero attached hydrogens (tertiary/aromatic N) is 3. The summed E-state index contributed by atoms with van der Waals surface area (Å²) in [5.74, 6) is 1.42. The maximum Gasteiger partial charge on any atom is 0.237 e. The summed E-state index contributed by atoms with van der Waals surface area (Å²) in [5, 5.41) is 11.8. The average Bonchev–Trinajstić information content (AvgIpc) is 3.41. The quantitative estimate of drug-likeness (QED) is 0.630. The molecule has 1 atom stereocenters. The Bertz CT molecular complexity index is 834. The van der Waals surface area contributed by atoms with Crippen molar-refractivity contribution < 1.29 is 14.3 Å². The highest BCUT2D eigenvalue weighted by atomic mass is 32.2. The third kappa shape index (κ3) is 4.79. The molecule has 0 radical (unpaired) electrons. The molecule has 0 bridgehead atoms. The zero-order valence-electron chi connectivity index (χ0n) is 15.3. The van der Waals surface area contributed by atoms with E-state index in [0.29, 0.717) is 11.1 Å². The predicted molar refractivity (Wildman–Crippen MR) is 101 cm³/mol. The number of nitrogens with two attached hydrogens (primary N) is 1. The van der Waals surface area contributed by atoms with Gasteiger partial charge < -0.3 is 15.8 Å². The first-order valence-electron chi connectivity index (χ1n) is 8.76. The van der Waals surface area contributed by atoms with E-state index in [1.54, 1.807) is 11.7 Å². The lowest BCUT2D eigenvalue weighted by Gasteiger charge is -2.17. The van der Waals surface area contributed by atoms with Crippen molar-refractivity contribution in [1.29, 1.82) is 0 Å². The fourth-order valence-corrected chi connectivity index (χ4v) is 3.63. The molecule has 0 saturated heterocycles. The van der Waals surface area contributed by atoms with E-state index in [1.807, 2.05) is 31.2 Å². The Kier molecular flexibility index (Phi) is 6.00. The van der Waals surface area contributed by atoms with Crippen LogP contribution in [0, 0.1) is 0 Å². The van der Waals surface area contributed by atoms with Gasteiger partial charge in [-0.25, -0.2) is 0 Å². The molecule has 0 aliphatic heterocycles. The summed E-state index contributed by atoms with van der Waals surface area (Å²) in [6.45, 7) is 1.93. The summed E-state index contributed by atoms with van der Waals surface area (Å²) in [5.41, 5.74) is 6.25. The highest BCUT2D eigenvalue weighted by Gasteiger charge is 2.31. The van der Waals surface area contributed by atoms with Gasteiger partial charge in [0.15, 0.2) is 5.16 Å². The highest BCUT2D eigenvalue weighted by Crippen LogP contribution is 2.40. The van der Waals surface area contributed by atoms with Gasteiger partial charge in [0.05, 0.1) is 18.9 Å². The summed E-state index contributed by atoms with van der Waals surface area (Å²) in [7, 11) is 1.60. The Labute approximate surface area is 161 Å². The van der Waals surface area contributed by atoms with Gasteiger partial charge in [0, 0.05) is 11.5 Å². The highest BCUT2D eigenvalue weighted by molar-refractivity contribution is 7.99. The minimum atomic E-state index is -0.451. The summed E-state index contributed by atoms with van der Waals surface area (Å²) in [6, 6.07) is 7.37. The predicted octanol–water partition coefficient (Wildman–Crippen LogP) is 1.62. The van der Waals surface area contributed by atoms with Gasteiger partial charge in [-0.1, -0.05) is 30.0 Å². The van der Waals surface area contributed by atoms with Crippen molar-refractivity contribution in [1.82, 2.24) is 20.1 Å². The van der Waals surface area contributed by atoms with Crippen molar-refractivity contribution in [2.24, 2.45) is 5.73 Å². The third-order valence-corrected chi connectivity index (χ3v) is 5.28. The number of carbonyl (C=O) groups is 2. The lowest BCUT2D eigenvalue weighted by atomic mass is 10.1. The summed E-state index contributed by atoms with van der Waals surface area (Å²) >= 11 is 1.25. The number of thioether (sulfide) groups is 1. The van der Waals surface area contributed by atoms with Gasteiger partial charge >= 0.3 is 0 Å². The SMILES string of the molecule is COc1ccccc1[C@H](C)NC(=O)CSc1nnc(C2CC2)n1CC(N)=O. The van der Waals surface area contributed by atoms with Gasteiger partial charge in [-0.05, 0) is 25.8 Å². The molecule has 27 heavy (non-hydrogen) atoms. The lowest BCUT2D eigenvalue weighted by molar-refractivity contribution is -0.119. The van der Waals surface area contributed by atoms with Crippen LogP contribution in [0.5, 0.6) is 5.75 Å². The van der Waals surface area contributed by atoms with Crippen LogP contribution in [0.2, 0.25) is 0 Å². The summed E-state index contributed by atoms with van der Waals surface area (Å²) in [4.78, 5) is 23.7. The number of amides is 2. The van der Waals surface area contributed by atoms with E-state index in [0.717, 1.165) is 30.0 Å². The van der Waals surface area contributed by atoms with Gasteiger partial charge in [-0.2, -0.15) is 0 Å². The second kappa shape index (κ2) is 8.43. The first-order valence-corrected chi connectivity index (χ1v) is 9.74. The van der Waals surface area contributed by atoms with Crippen LogP contribution in [0.1, 0.15) is 43.1 Å². The van der Waals surface area contributed by atoms with Crippen molar-refractivity contribution in [2.75, 3.05) is 12.9 Å². The molecule has 0 unspecified atom stereocenters. The minimum absolute atomic E-state index is 0.0282. The second-order valence-corrected chi connectivity index (χ2v) is 7.43. The molecule has 144 valence electrons. The second-order valence-electron chi connectivity index (χ2n) is 6.49. The number of para-hydroxylation sites is 1. The number of carbonyl (C=O) groups excluding carboxylic acids is 2. The largest absolute Gasteiger partial charge is 0.496 e. The molecule has 2 aromatic rings. The molecule has 1 aliphatic carbocycles. The van der Waals surface area contributed by atoms with Gasteiger partial charge in [0.25, 0.3) is 0 Å². The van der Waals surface area contributed by atoms with E-state index in [1.165, 1.54) is 11.8 Å². The van der Waals surface area contributed by atoms with Crippen LogP contribution in [-0.2, 0) is 16.1 Å². The van der Waals surface area contributed by atoms with E-state index in [-0.39, 0.29) is 24.2 Å². The topological polar surface area (TPSA) is 112 Å². The van der Waals surface area contributed by atoms with Crippen molar-refractivity contribution >= 4 is 23.6 Å². The molecule has 1 fully saturated rings. The first kappa shape index (κ1) is 19.2. The van der Waals surface area contributed by atoms with Gasteiger partial charge in [0.2, 0.25) is 11.8 Å². The number of hydrogen-bond donors (Lipinski definition) is 2. The Balaban J connectivity index is 1.61. The molecule has 1 heterocycles. The maximum atomic E-state index is 12.4. The number of hydrogen-bond acceptors (Lipinski definition) is 6. The minimum Gasteiger partial charge on any atom is -0.496 e. The number of primary amides is 1. The number of benzene rings is 1. The molecule has 3 N–H and O–H groups in total. The Hall–Kier alpha value is -2.55. The zero-order chi connectivity index (χ0) is 19.4. The van der Waals surface area contributed by atoms with Crippen molar-refractivity contribution in [2.45, 2.75) is 43.4 Å². The molecule has 0 spiro atoms. The van der Waals surface area contributed by atoms with Crippen LogP contribution >= 0.6 is 11.8 Å². The van der Waals surface area contributed by atoms with E-state index in [4.69, 9.17) is 10.5 Å². The molecule has 2 amide bonds. The van der Waals surface area contributed by atoms with Crippen LogP contribution in [0.15, 0.2) is 29.4 Å². The zero-order valence-corrected chi connectivity index (χ0v) is 16.2. The number of nitrogens with one attached hydrogen (secondary N) is 1. The number of rotatable bonds is 9. The fraction of sp³-hybridized carbons (Fsp3) is 0.444. The van der Waals surface area contributed by atoms with E-state index in [2.05, 4.69) is 15.5 Å². The van der Waals surface area contributed by atoms with Gasteiger partial charge in [0.1, 0.15) is 18.1 Å². The van der Waals surface area contributed by atoms with Crippen LogP contribution in [-0.4, -0.2) is 39.4 Å². The molecule has 1 aromatic carbocycles. The Morgan fingerprint density at radius 3 is 2.78 bits per heavy atom. The molecule has 1 aromatic heterocycles. The summed E-state index contributed by atoms with van der Waals surface area (Å²) < 4.78 is 7.06. The Morgan fingerprint density at radius 2 is 2.11 bits per heavy atom. The molecular formula is C18H23N5O3S. The van der Waals surface area contributed by atoms with E-state index < -0.39 is 5.91 Å². The van der Waals surface area contributed by atoms with Crippen LogP contribution in [0.4, 0.5) is 0 Å². The van der Waals surface area contributed by atoms with E-state index in [9.17, 15) is 9.59 Å². The normalized spacial score (nSPS) is 14.6. The molecular weight excluding hydrogens is 366 g/mol. The first-order chi connectivity index (χ1) is 13.0. The van der Waals surface area contributed by atoms with Gasteiger partial charge in [-0.15, -0.1) is 10.2 Å². The average molecular weight is 389 g/mol. The fourth-order valence-electron chi connectivity index (χ4n) is 2.87. The van der Waals surface area contributed by atoms with Crippen LogP contribution in [0.25, 0.3) is 0 Å². The smallest absolute Gasteiger partial charge is 0.237 e. The molecule has 8 nitrogen and oxygen atoms in total. The molecule has 3 rings (SSSR count). The van der Waals surface area contributed by atoms with Crippen LogP contribution in [0.3, 0.4) is 0 Å². The van der Waals surface area contributed by atoms with Crippen LogP contribution < -0.4 is 15.8 Å². The van der Waals surface area contributed by atoms with Crippen molar-refractivity contribution in [3.63, 3.8) is 0 Å². The molecule has 1 saturated carbocycles. The third-order valence-electron chi connectivity index (χ3n) is 4.32. The Morgan fingerprint density at radius 1 is 1.37 bits per heavy atom. The van der Waals surface area contributed by atoms with Gasteiger partial charge in [-0.3, -0.25) is 14.2 Å². The number of ether oxygens (including phenoxy) is 1. The number of aromatic nitrogens is 3. The molecule has 9 heteroatoms. The lowest BCUT2D eigenvalue weighted by Crippen LogP contribution is -2.28. The summed E-state index contributed by atoms with van der Waals surface area (Å²) in [6.07, 6.45) is 2.08. The standard InChI is InChI=1S/C18H23N5O3S/c1-11(13-5-3-4-6-14(13)26-2)20-16(25)10-27-18-22-21-17(12-7-8-12)23(18)9-15(19)24/h3-6,11-12H,7-10H2,1-2H3,(H2,19,24)(H,20,25)/t11-/m0/s1. The molecule has 1 aliphatic rings. The maximum absolute atomic E-state index is 12.4. The monoisotopic (exact) mass is 389 g/mol. The van der Waals surface area contributed by atoms with E-state index >= 15 is 0 Å². The number of methoxy groups -OCH3 is 1. The van der Waals surface area contributed by atoms with Crippen molar-refractivity contribution in [3.05, 3.63) is 35.7 Å².